The molecule has 0 aromatic heterocycles. The van der Waals surface area contributed by atoms with Crippen LogP contribution in [0.25, 0.3) is 0 Å². The van der Waals surface area contributed by atoms with E-state index in [0.717, 1.165) is 15.8 Å². The molecule has 0 radical (unpaired) electrons. The van der Waals surface area contributed by atoms with Crippen molar-refractivity contribution < 1.29 is 9.47 Å². The summed E-state index contributed by atoms with van der Waals surface area (Å²) in [6.45, 7) is 0.461. The van der Waals surface area contributed by atoms with Gasteiger partial charge in [-0.25, -0.2) is 0 Å². The number of rotatable bonds is 4. The molecule has 18 heavy (non-hydrogen) atoms. The fourth-order valence-corrected chi connectivity index (χ4v) is 1.95. The van der Waals surface area contributed by atoms with Crippen LogP contribution < -0.4 is 15.2 Å². The lowest BCUT2D eigenvalue weighted by Crippen LogP contribution is -1.99. The molecule has 0 aliphatic carbocycles. The van der Waals surface area contributed by atoms with Crippen molar-refractivity contribution in [2.45, 2.75) is 6.61 Å². The predicted octanol–water partition coefficient (Wildman–Crippen LogP) is 3.62. The second-order valence-corrected chi connectivity index (χ2v) is 4.74. The van der Waals surface area contributed by atoms with Gasteiger partial charge in [0.15, 0.2) is 0 Å². The fourth-order valence-electron chi connectivity index (χ4n) is 1.57. The molecule has 0 aliphatic rings. The SMILES string of the molecule is COc1cccc(COc2ccc(Br)cc2N)c1. The summed E-state index contributed by atoms with van der Waals surface area (Å²) in [5, 5.41) is 0. The van der Waals surface area contributed by atoms with Gasteiger partial charge in [0.2, 0.25) is 0 Å². The third kappa shape index (κ3) is 3.17. The Morgan fingerprint density at radius 3 is 2.72 bits per heavy atom. The Hall–Kier alpha value is -1.68. The van der Waals surface area contributed by atoms with Crippen LogP contribution in [0, 0.1) is 0 Å². The Kier molecular flexibility index (Phi) is 4.10. The number of methoxy groups -OCH3 is 1. The van der Waals surface area contributed by atoms with E-state index in [-0.39, 0.29) is 0 Å². The van der Waals surface area contributed by atoms with Gasteiger partial charge in [-0.1, -0.05) is 28.1 Å². The molecule has 0 saturated carbocycles. The standard InChI is InChI=1S/C14H14BrNO2/c1-17-12-4-2-3-10(7-12)9-18-14-6-5-11(15)8-13(14)16/h2-8H,9,16H2,1H3. The van der Waals surface area contributed by atoms with Gasteiger partial charge in [-0.05, 0) is 35.9 Å². The number of hydrogen-bond donors (Lipinski definition) is 1. The van der Waals surface area contributed by atoms with Gasteiger partial charge in [0.25, 0.3) is 0 Å². The van der Waals surface area contributed by atoms with Gasteiger partial charge in [-0.2, -0.15) is 0 Å². The second-order valence-electron chi connectivity index (χ2n) is 3.82. The van der Waals surface area contributed by atoms with Gasteiger partial charge in [-0.3, -0.25) is 0 Å². The van der Waals surface area contributed by atoms with Crippen LogP contribution in [-0.4, -0.2) is 7.11 Å². The van der Waals surface area contributed by atoms with Gasteiger partial charge in [0.1, 0.15) is 18.1 Å². The fraction of sp³-hybridized carbons (Fsp3) is 0.143. The Morgan fingerprint density at radius 1 is 1.17 bits per heavy atom. The van der Waals surface area contributed by atoms with Crippen molar-refractivity contribution in [2.75, 3.05) is 12.8 Å². The van der Waals surface area contributed by atoms with E-state index in [9.17, 15) is 0 Å². The molecule has 0 bridgehead atoms. The second kappa shape index (κ2) is 5.78. The van der Waals surface area contributed by atoms with Crippen LogP contribution in [0.3, 0.4) is 0 Å². The molecule has 0 aliphatic heterocycles. The Balaban J connectivity index is 2.06. The molecular weight excluding hydrogens is 294 g/mol. The van der Waals surface area contributed by atoms with Gasteiger partial charge in [0, 0.05) is 4.47 Å². The Labute approximate surface area is 115 Å². The molecule has 2 aromatic rings. The van der Waals surface area contributed by atoms with Crippen LogP contribution in [0.5, 0.6) is 11.5 Å². The van der Waals surface area contributed by atoms with Gasteiger partial charge < -0.3 is 15.2 Å². The highest BCUT2D eigenvalue weighted by atomic mass is 79.9. The summed E-state index contributed by atoms with van der Waals surface area (Å²) < 4.78 is 11.8. The van der Waals surface area contributed by atoms with Gasteiger partial charge in [-0.15, -0.1) is 0 Å². The zero-order chi connectivity index (χ0) is 13.0. The zero-order valence-corrected chi connectivity index (χ0v) is 11.6. The average molecular weight is 308 g/mol. The lowest BCUT2D eigenvalue weighted by molar-refractivity contribution is 0.307. The van der Waals surface area contributed by atoms with Crippen LogP contribution in [0.1, 0.15) is 5.56 Å². The molecule has 2 rings (SSSR count). The quantitative estimate of drug-likeness (QED) is 0.877. The lowest BCUT2D eigenvalue weighted by Gasteiger charge is -2.10. The normalized spacial score (nSPS) is 10.1. The van der Waals surface area contributed by atoms with Crippen LogP contribution in [0.15, 0.2) is 46.9 Å². The maximum Gasteiger partial charge on any atom is 0.142 e. The highest BCUT2D eigenvalue weighted by Gasteiger charge is 2.02. The van der Waals surface area contributed by atoms with E-state index in [1.54, 1.807) is 7.11 Å². The first-order chi connectivity index (χ1) is 8.69. The third-order valence-electron chi connectivity index (χ3n) is 2.50. The van der Waals surface area contributed by atoms with E-state index in [0.29, 0.717) is 18.0 Å². The van der Waals surface area contributed by atoms with Crippen molar-refractivity contribution in [3.8, 4) is 11.5 Å². The molecule has 2 N–H and O–H groups in total. The number of nitrogen functional groups attached to an aromatic ring is 1. The summed E-state index contributed by atoms with van der Waals surface area (Å²) >= 11 is 3.36. The van der Waals surface area contributed by atoms with Crippen LogP contribution in [0.4, 0.5) is 5.69 Å². The minimum atomic E-state index is 0.461. The highest BCUT2D eigenvalue weighted by molar-refractivity contribution is 9.10. The molecule has 94 valence electrons. The molecule has 0 saturated heterocycles. The molecule has 3 nitrogen and oxygen atoms in total. The monoisotopic (exact) mass is 307 g/mol. The molecule has 0 heterocycles. The molecule has 2 aromatic carbocycles. The molecule has 4 heteroatoms. The summed E-state index contributed by atoms with van der Waals surface area (Å²) in [5.41, 5.74) is 7.52. The number of benzene rings is 2. The highest BCUT2D eigenvalue weighted by Crippen LogP contribution is 2.26. The Morgan fingerprint density at radius 2 is 2.00 bits per heavy atom. The van der Waals surface area contributed by atoms with E-state index in [2.05, 4.69) is 15.9 Å². The summed E-state index contributed by atoms with van der Waals surface area (Å²) in [7, 11) is 1.65. The van der Waals surface area contributed by atoms with Crippen molar-refractivity contribution in [1.82, 2.24) is 0 Å². The van der Waals surface area contributed by atoms with E-state index in [4.69, 9.17) is 15.2 Å². The summed E-state index contributed by atoms with van der Waals surface area (Å²) in [5.74, 6) is 1.50. The van der Waals surface area contributed by atoms with Crippen LogP contribution in [0.2, 0.25) is 0 Å². The van der Waals surface area contributed by atoms with Crippen molar-refractivity contribution >= 4 is 21.6 Å². The van der Waals surface area contributed by atoms with Crippen molar-refractivity contribution in [1.29, 1.82) is 0 Å². The minimum Gasteiger partial charge on any atom is -0.497 e. The molecule has 0 amide bonds. The van der Waals surface area contributed by atoms with E-state index in [1.807, 2.05) is 42.5 Å². The zero-order valence-electron chi connectivity index (χ0n) is 10.0. The van der Waals surface area contributed by atoms with E-state index >= 15 is 0 Å². The topological polar surface area (TPSA) is 44.5 Å². The van der Waals surface area contributed by atoms with Crippen molar-refractivity contribution in [3.05, 3.63) is 52.5 Å². The molecule has 0 fully saturated rings. The lowest BCUT2D eigenvalue weighted by atomic mass is 10.2. The first-order valence-electron chi connectivity index (χ1n) is 5.50. The van der Waals surface area contributed by atoms with Gasteiger partial charge in [0.05, 0.1) is 12.8 Å². The van der Waals surface area contributed by atoms with Crippen LogP contribution >= 0.6 is 15.9 Å². The summed E-state index contributed by atoms with van der Waals surface area (Å²) in [6.07, 6.45) is 0. The predicted molar refractivity (Wildman–Crippen MR) is 75.9 cm³/mol. The van der Waals surface area contributed by atoms with Crippen molar-refractivity contribution in [2.24, 2.45) is 0 Å². The number of nitrogens with two attached hydrogens (primary N) is 1. The third-order valence-corrected chi connectivity index (χ3v) is 2.99. The van der Waals surface area contributed by atoms with E-state index < -0.39 is 0 Å². The maximum absolute atomic E-state index is 5.86. The van der Waals surface area contributed by atoms with Crippen LogP contribution in [-0.2, 0) is 6.61 Å². The summed E-state index contributed by atoms with van der Waals surface area (Å²) in [6, 6.07) is 13.3. The average Bonchev–Trinajstić information content (AvgIpc) is 2.38. The Bertz CT molecular complexity index is 543. The summed E-state index contributed by atoms with van der Waals surface area (Å²) in [4.78, 5) is 0. The van der Waals surface area contributed by atoms with Crippen molar-refractivity contribution in [3.63, 3.8) is 0 Å². The number of ether oxygens (including phenoxy) is 2. The van der Waals surface area contributed by atoms with Gasteiger partial charge >= 0.3 is 0 Å². The molecule has 0 unspecified atom stereocenters. The largest absolute Gasteiger partial charge is 0.497 e. The minimum absolute atomic E-state index is 0.461. The first-order valence-corrected chi connectivity index (χ1v) is 6.29. The first kappa shape index (κ1) is 12.8. The van der Waals surface area contributed by atoms with E-state index in [1.165, 1.54) is 0 Å². The maximum atomic E-state index is 5.86. The number of anilines is 1. The molecule has 0 atom stereocenters. The smallest absolute Gasteiger partial charge is 0.142 e. The number of hydrogen-bond acceptors (Lipinski definition) is 3. The molecule has 0 spiro atoms. The molecular formula is C14H14BrNO2. The number of halogens is 1.